The first kappa shape index (κ1) is 9.03. The van der Waals surface area contributed by atoms with Gasteiger partial charge in [-0.2, -0.15) is 0 Å². The van der Waals surface area contributed by atoms with Crippen molar-refractivity contribution in [2.45, 2.75) is 32.7 Å². The Balaban J connectivity index is 2.69. The van der Waals surface area contributed by atoms with E-state index >= 15 is 0 Å². The van der Waals surface area contributed by atoms with Crippen molar-refractivity contribution in [3.05, 3.63) is 0 Å². The molecule has 0 spiro atoms. The Morgan fingerprint density at radius 1 is 1.75 bits per heavy atom. The summed E-state index contributed by atoms with van der Waals surface area (Å²) in [6, 6.07) is 0.177. The number of amidine groups is 1. The summed E-state index contributed by atoms with van der Waals surface area (Å²) in [7, 11) is 0. The van der Waals surface area contributed by atoms with Crippen LogP contribution in [0.2, 0.25) is 0 Å². The molecule has 4 nitrogen and oxygen atoms in total. The average molecular weight is 170 g/mol. The topological polar surface area (TPSA) is 52.9 Å². The van der Waals surface area contributed by atoms with Gasteiger partial charge >= 0.3 is 6.09 Å². The highest BCUT2D eigenvalue weighted by atomic mass is 16.4. The standard InChI is InChI=1S/C8H14N2O2/c1-3-6-5-10(8(11)12)7(4-2)9-6/h6H,3-5H2,1-2H3,(H,11,12). The van der Waals surface area contributed by atoms with Gasteiger partial charge in [0.2, 0.25) is 0 Å². The summed E-state index contributed by atoms with van der Waals surface area (Å²) in [4.78, 5) is 16.3. The van der Waals surface area contributed by atoms with E-state index in [4.69, 9.17) is 5.11 Å². The molecule has 4 heteroatoms. The van der Waals surface area contributed by atoms with Crippen molar-refractivity contribution in [1.82, 2.24) is 4.90 Å². The molecule has 1 aliphatic heterocycles. The highest BCUT2D eigenvalue weighted by Crippen LogP contribution is 2.13. The second-order valence-electron chi connectivity index (χ2n) is 2.85. The van der Waals surface area contributed by atoms with E-state index in [2.05, 4.69) is 4.99 Å². The second-order valence-corrected chi connectivity index (χ2v) is 2.85. The molecule has 0 fully saturated rings. The Kier molecular flexibility index (Phi) is 2.68. The van der Waals surface area contributed by atoms with E-state index in [1.54, 1.807) is 0 Å². The van der Waals surface area contributed by atoms with E-state index < -0.39 is 6.09 Å². The number of rotatable bonds is 2. The zero-order chi connectivity index (χ0) is 9.14. The van der Waals surface area contributed by atoms with Gasteiger partial charge in [0.1, 0.15) is 5.84 Å². The maximum Gasteiger partial charge on any atom is 0.412 e. The first-order valence-electron chi connectivity index (χ1n) is 4.26. The van der Waals surface area contributed by atoms with Gasteiger partial charge in [-0.15, -0.1) is 0 Å². The van der Waals surface area contributed by atoms with Crippen LogP contribution in [0.15, 0.2) is 4.99 Å². The quantitative estimate of drug-likeness (QED) is 0.683. The SMILES string of the molecule is CCC1=NC(CC)CN1C(=O)O. The monoisotopic (exact) mass is 170 g/mol. The van der Waals surface area contributed by atoms with Crippen molar-refractivity contribution in [2.24, 2.45) is 4.99 Å². The first-order valence-corrected chi connectivity index (χ1v) is 4.26. The minimum Gasteiger partial charge on any atom is -0.465 e. The van der Waals surface area contributed by atoms with E-state index in [1.165, 1.54) is 4.90 Å². The molecule has 1 unspecified atom stereocenters. The van der Waals surface area contributed by atoms with E-state index in [1.807, 2.05) is 13.8 Å². The Hall–Kier alpha value is -1.06. The van der Waals surface area contributed by atoms with E-state index in [0.717, 1.165) is 6.42 Å². The number of aliphatic imine (C=N–C) groups is 1. The zero-order valence-electron chi connectivity index (χ0n) is 7.45. The summed E-state index contributed by atoms with van der Waals surface area (Å²) < 4.78 is 0. The lowest BCUT2D eigenvalue weighted by Gasteiger charge is -2.12. The molecule has 1 heterocycles. The fourth-order valence-electron chi connectivity index (χ4n) is 1.33. The summed E-state index contributed by atoms with van der Waals surface area (Å²) in [5, 5.41) is 8.77. The highest BCUT2D eigenvalue weighted by Gasteiger charge is 2.26. The van der Waals surface area contributed by atoms with Crippen molar-refractivity contribution in [2.75, 3.05) is 6.54 Å². The van der Waals surface area contributed by atoms with Crippen LogP contribution in [0.4, 0.5) is 4.79 Å². The Bertz CT molecular complexity index is 213. The average Bonchev–Trinajstić information content (AvgIpc) is 2.47. The van der Waals surface area contributed by atoms with Gasteiger partial charge in [-0.3, -0.25) is 9.89 Å². The maximum absolute atomic E-state index is 10.7. The Morgan fingerprint density at radius 2 is 2.42 bits per heavy atom. The number of hydrogen-bond acceptors (Lipinski definition) is 2. The van der Waals surface area contributed by atoms with Gasteiger partial charge < -0.3 is 5.11 Å². The van der Waals surface area contributed by atoms with Crippen LogP contribution in [0.1, 0.15) is 26.7 Å². The predicted molar refractivity (Wildman–Crippen MR) is 46.5 cm³/mol. The normalized spacial score (nSPS) is 22.7. The number of carbonyl (C=O) groups is 1. The molecule has 0 bridgehead atoms. The van der Waals surface area contributed by atoms with Gasteiger partial charge in [0.15, 0.2) is 0 Å². The molecule has 0 saturated carbocycles. The van der Waals surface area contributed by atoms with Gasteiger partial charge in [-0.1, -0.05) is 13.8 Å². The van der Waals surface area contributed by atoms with E-state index in [0.29, 0.717) is 18.8 Å². The van der Waals surface area contributed by atoms with Crippen LogP contribution in [0.3, 0.4) is 0 Å². The van der Waals surface area contributed by atoms with Crippen LogP contribution >= 0.6 is 0 Å². The van der Waals surface area contributed by atoms with Gasteiger partial charge in [-0.05, 0) is 6.42 Å². The van der Waals surface area contributed by atoms with Crippen molar-refractivity contribution in [3.63, 3.8) is 0 Å². The third-order valence-electron chi connectivity index (χ3n) is 2.05. The molecule has 0 saturated heterocycles. The summed E-state index contributed by atoms with van der Waals surface area (Å²) >= 11 is 0. The molecule has 0 aromatic carbocycles. The van der Waals surface area contributed by atoms with Gasteiger partial charge in [0.25, 0.3) is 0 Å². The molecule has 0 aliphatic carbocycles. The fourth-order valence-corrected chi connectivity index (χ4v) is 1.33. The van der Waals surface area contributed by atoms with E-state index in [-0.39, 0.29) is 6.04 Å². The van der Waals surface area contributed by atoms with Crippen molar-refractivity contribution >= 4 is 11.9 Å². The van der Waals surface area contributed by atoms with Gasteiger partial charge in [0, 0.05) is 6.42 Å². The molecule has 1 N–H and O–H groups in total. The minimum atomic E-state index is -0.883. The Morgan fingerprint density at radius 3 is 2.75 bits per heavy atom. The van der Waals surface area contributed by atoms with Crippen molar-refractivity contribution in [1.29, 1.82) is 0 Å². The number of carboxylic acid groups (broad SMARTS) is 1. The maximum atomic E-state index is 10.7. The highest BCUT2D eigenvalue weighted by molar-refractivity contribution is 5.96. The number of nitrogens with zero attached hydrogens (tertiary/aromatic N) is 2. The predicted octanol–water partition coefficient (Wildman–Crippen LogP) is 1.57. The molecule has 0 aromatic heterocycles. The van der Waals surface area contributed by atoms with Crippen molar-refractivity contribution < 1.29 is 9.90 Å². The summed E-state index contributed by atoms with van der Waals surface area (Å²) in [6.45, 7) is 4.48. The lowest BCUT2D eigenvalue weighted by Crippen LogP contribution is -2.33. The molecule has 1 rings (SSSR count). The van der Waals surface area contributed by atoms with Crippen LogP contribution in [-0.4, -0.2) is 34.5 Å². The largest absolute Gasteiger partial charge is 0.465 e. The zero-order valence-corrected chi connectivity index (χ0v) is 7.45. The van der Waals surface area contributed by atoms with Crippen LogP contribution in [0.25, 0.3) is 0 Å². The lowest BCUT2D eigenvalue weighted by atomic mass is 10.2. The van der Waals surface area contributed by atoms with Crippen molar-refractivity contribution in [3.8, 4) is 0 Å². The van der Waals surface area contributed by atoms with Gasteiger partial charge in [0.05, 0.1) is 12.6 Å². The van der Waals surface area contributed by atoms with Gasteiger partial charge in [-0.25, -0.2) is 4.79 Å². The third kappa shape index (κ3) is 1.57. The lowest BCUT2D eigenvalue weighted by molar-refractivity contribution is 0.170. The summed E-state index contributed by atoms with van der Waals surface area (Å²) in [5.74, 6) is 0.703. The molecule has 68 valence electrons. The molecular weight excluding hydrogens is 156 g/mol. The smallest absolute Gasteiger partial charge is 0.412 e. The minimum absolute atomic E-state index is 0.177. The molecular formula is C8H14N2O2. The van der Waals surface area contributed by atoms with Crippen LogP contribution < -0.4 is 0 Å². The number of amides is 1. The fraction of sp³-hybridized carbons (Fsp3) is 0.750. The molecule has 0 radical (unpaired) electrons. The molecule has 0 aromatic rings. The summed E-state index contributed by atoms with van der Waals surface area (Å²) in [6.07, 6.45) is 0.724. The molecule has 1 aliphatic rings. The molecule has 1 amide bonds. The second kappa shape index (κ2) is 3.56. The Labute approximate surface area is 71.9 Å². The molecule has 1 atom stereocenters. The number of hydrogen-bond donors (Lipinski definition) is 1. The molecule has 12 heavy (non-hydrogen) atoms. The van der Waals surface area contributed by atoms with E-state index in [9.17, 15) is 4.79 Å². The summed E-state index contributed by atoms with van der Waals surface area (Å²) in [5.41, 5.74) is 0. The van der Waals surface area contributed by atoms with Crippen LogP contribution in [-0.2, 0) is 0 Å². The van der Waals surface area contributed by atoms with Crippen LogP contribution in [0.5, 0.6) is 0 Å². The first-order chi connectivity index (χ1) is 5.69. The third-order valence-corrected chi connectivity index (χ3v) is 2.05. The van der Waals surface area contributed by atoms with Crippen LogP contribution in [0, 0.1) is 0 Å².